The molecule has 0 aliphatic carbocycles. The molecule has 6 nitrogen and oxygen atoms in total. The molecule has 0 bridgehead atoms. The maximum atomic E-state index is 13.5. The molecular formula is C17H20F2N2O4. The summed E-state index contributed by atoms with van der Waals surface area (Å²) < 4.78 is 32.5. The van der Waals surface area contributed by atoms with Gasteiger partial charge in [0, 0.05) is 31.5 Å². The van der Waals surface area contributed by atoms with Crippen molar-refractivity contribution in [3.05, 3.63) is 35.4 Å². The molecule has 0 unspecified atom stereocenters. The van der Waals surface area contributed by atoms with Crippen LogP contribution in [0.2, 0.25) is 0 Å². The molecule has 1 atom stereocenters. The highest BCUT2D eigenvalue weighted by Crippen LogP contribution is 2.38. The largest absolute Gasteiger partial charge is 0.480 e. The fraction of sp³-hybridized carbons (Fsp3) is 0.529. The van der Waals surface area contributed by atoms with E-state index in [1.165, 1.54) is 4.90 Å². The van der Waals surface area contributed by atoms with Gasteiger partial charge in [-0.2, -0.15) is 0 Å². The first kappa shape index (κ1) is 17.8. The molecule has 8 heteroatoms. The summed E-state index contributed by atoms with van der Waals surface area (Å²) >= 11 is 0. The Morgan fingerprint density at radius 1 is 1.28 bits per heavy atom. The van der Waals surface area contributed by atoms with Crippen LogP contribution in [0.15, 0.2) is 18.2 Å². The fourth-order valence-electron chi connectivity index (χ4n) is 3.54. The van der Waals surface area contributed by atoms with Gasteiger partial charge in [0.25, 0.3) is 5.91 Å². The van der Waals surface area contributed by atoms with Crippen LogP contribution >= 0.6 is 0 Å². The molecule has 3 rings (SSSR count). The number of carbonyl (C=O) groups excluding carboxylic acids is 1. The van der Waals surface area contributed by atoms with Gasteiger partial charge in [-0.3, -0.25) is 9.69 Å². The Hall–Kier alpha value is -2.06. The normalized spacial score (nSPS) is 23.2. The Morgan fingerprint density at radius 3 is 2.52 bits per heavy atom. The summed E-state index contributed by atoms with van der Waals surface area (Å²) in [6, 6.07) is 1.67. The lowest BCUT2D eigenvalue weighted by molar-refractivity contribution is -0.143. The predicted molar refractivity (Wildman–Crippen MR) is 84.0 cm³/mol. The van der Waals surface area contributed by atoms with E-state index < -0.39 is 35.3 Å². The van der Waals surface area contributed by atoms with E-state index in [-0.39, 0.29) is 12.2 Å². The Kier molecular flexibility index (Phi) is 4.75. The molecule has 1 aromatic carbocycles. The van der Waals surface area contributed by atoms with Gasteiger partial charge >= 0.3 is 5.97 Å². The Bertz CT molecular complexity index is 689. The van der Waals surface area contributed by atoms with E-state index in [1.807, 2.05) is 6.92 Å². The number of piperidine rings is 1. The molecule has 2 saturated heterocycles. The summed E-state index contributed by atoms with van der Waals surface area (Å²) in [5.41, 5.74) is -1.11. The smallest absolute Gasteiger partial charge is 0.328 e. The molecular weight excluding hydrogens is 334 g/mol. The van der Waals surface area contributed by atoms with Crippen LogP contribution in [0, 0.1) is 11.6 Å². The van der Waals surface area contributed by atoms with Crippen LogP contribution in [-0.4, -0.2) is 64.8 Å². The molecule has 2 fully saturated rings. The maximum absolute atomic E-state index is 13.5. The van der Waals surface area contributed by atoms with Crippen molar-refractivity contribution in [2.24, 2.45) is 0 Å². The number of hydrogen-bond donors (Lipinski definition) is 1. The summed E-state index contributed by atoms with van der Waals surface area (Å²) in [6.45, 7) is 4.11. The highest BCUT2D eigenvalue weighted by atomic mass is 19.2. The van der Waals surface area contributed by atoms with Crippen molar-refractivity contribution in [2.75, 3.05) is 26.2 Å². The number of carboxylic acid groups (broad SMARTS) is 1. The topological polar surface area (TPSA) is 70.1 Å². The third kappa shape index (κ3) is 3.11. The van der Waals surface area contributed by atoms with Crippen LogP contribution in [-0.2, 0) is 9.53 Å². The molecule has 1 N–H and O–H groups in total. The van der Waals surface area contributed by atoms with E-state index in [4.69, 9.17) is 4.74 Å². The molecule has 2 aliphatic rings. The predicted octanol–water partition coefficient (Wildman–Crippen LogP) is 1.70. The number of carbonyl (C=O) groups is 2. The zero-order valence-corrected chi connectivity index (χ0v) is 13.9. The first-order valence-electron chi connectivity index (χ1n) is 8.26. The van der Waals surface area contributed by atoms with Crippen LogP contribution < -0.4 is 0 Å². The van der Waals surface area contributed by atoms with E-state index in [9.17, 15) is 23.5 Å². The van der Waals surface area contributed by atoms with Gasteiger partial charge in [-0.1, -0.05) is 6.92 Å². The van der Waals surface area contributed by atoms with Crippen LogP contribution in [0.5, 0.6) is 0 Å². The van der Waals surface area contributed by atoms with Crippen LogP contribution in [0.1, 0.15) is 30.1 Å². The summed E-state index contributed by atoms with van der Waals surface area (Å²) in [5.74, 6) is -4.04. The van der Waals surface area contributed by atoms with Gasteiger partial charge < -0.3 is 14.7 Å². The minimum Gasteiger partial charge on any atom is -0.480 e. The monoisotopic (exact) mass is 354 g/mol. The van der Waals surface area contributed by atoms with E-state index in [0.717, 1.165) is 24.7 Å². The number of ether oxygens (including phenoxy) is 1. The lowest BCUT2D eigenvalue weighted by Crippen LogP contribution is -2.58. The van der Waals surface area contributed by atoms with Crippen molar-refractivity contribution < 1.29 is 28.2 Å². The van der Waals surface area contributed by atoms with E-state index in [1.54, 1.807) is 0 Å². The average molecular weight is 354 g/mol. The lowest BCUT2D eigenvalue weighted by atomic mass is 9.96. The molecule has 1 spiro atoms. The Morgan fingerprint density at radius 2 is 1.96 bits per heavy atom. The van der Waals surface area contributed by atoms with E-state index >= 15 is 0 Å². The standard InChI is InChI=1S/C17H20F2N2O4/c1-2-20-7-5-17(6-8-20)21(14(10-25-17)16(23)24)15(22)11-3-4-12(18)13(19)9-11/h3-4,9,14H,2,5-8,10H2,1H3,(H,23,24)/t14-/m1/s1. The minimum atomic E-state index is -1.18. The molecule has 1 amide bonds. The molecule has 25 heavy (non-hydrogen) atoms. The first-order valence-corrected chi connectivity index (χ1v) is 8.26. The highest BCUT2D eigenvalue weighted by molar-refractivity contribution is 5.97. The van der Waals surface area contributed by atoms with Gasteiger partial charge in [0.1, 0.15) is 5.72 Å². The number of hydrogen-bond acceptors (Lipinski definition) is 4. The van der Waals surface area contributed by atoms with Gasteiger partial charge in [-0.25, -0.2) is 13.6 Å². The number of amides is 1. The van der Waals surface area contributed by atoms with Crippen molar-refractivity contribution in [3.8, 4) is 0 Å². The molecule has 2 aliphatic heterocycles. The van der Waals surface area contributed by atoms with Crippen molar-refractivity contribution in [1.82, 2.24) is 9.80 Å². The molecule has 0 saturated carbocycles. The minimum absolute atomic E-state index is 0.0899. The average Bonchev–Trinajstić information content (AvgIpc) is 2.96. The van der Waals surface area contributed by atoms with Crippen molar-refractivity contribution in [3.63, 3.8) is 0 Å². The van der Waals surface area contributed by atoms with Crippen LogP contribution in [0.4, 0.5) is 8.78 Å². The van der Waals surface area contributed by atoms with Gasteiger partial charge in [0.2, 0.25) is 0 Å². The number of carboxylic acids is 1. The SMILES string of the molecule is CCN1CCC2(CC1)OC[C@H](C(=O)O)N2C(=O)c1ccc(F)c(F)c1. The summed E-state index contributed by atoms with van der Waals surface area (Å²) in [6.07, 6.45) is 0.945. The number of nitrogens with zero attached hydrogens (tertiary/aromatic N) is 2. The number of halogens is 2. The summed E-state index contributed by atoms with van der Waals surface area (Å²) in [4.78, 5) is 27.9. The van der Waals surface area contributed by atoms with E-state index in [2.05, 4.69) is 4.90 Å². The third-order valence-electron chi connectivity index (χ3n) is 5.02. The zero-order chi connectivity index (χ0) is 18.2. The highest BCUT2D eigenvalue weighted by Gasteiger charge is 2.53. The zero-order valence-electron chi connectivity index (χ0n) is 13.9. The second-order valence-electron chi connectivity index (χ2n) is 6.35. The summed E-state index contributed by atoms with van der Waals surface area (Å²) in [7, 11) is 0. The summed E-state index contributed by atoms with van der Waals surface area (Å²) in [5, 5.41) is 9.47. The Labute approximate surface area is 144 Å². The van der Waals surface area contributed by atoms with Crippen molar-refractivity contribution >= 4 is 11.9 Å². The second kappa shape index (κ2) is 6.68. The van der Waals surface area contributed by atoms with Gasteiger partial charge in [0.15, 0.2) is 17.7 Å². The number of aliphatic carboxylic acids is 1. The van der Waals surface area contributed by atoms with E-state index in [0.29, 0.717) is 25.9 Å². The van der Waals surface area contributed by atoms with Gasteiger partial charge in [0.05, 0.1) is 6.61 Å². The molecule has 2 heterocycles. The van der Waals surface area contributed by atoms with Gasteiger partial charge in [-0.15, -0.1) is 0 Å². The molecule has 0 aromatic heterocycles. The number of benzene rings is 1. The van der Waals surface area contributed by atoms with Crippen molar-refractivity contribution in [1.29, 1.82) is 0 Å². The molecule has 0 radical (unpaired) electrons. The Balaban J connectivity index is 1.93. The molecule has 136 valence electrons. The van der Waals surface area contributed by atoms with Crippen molar-refractivity contribution in [2.45, 2.75) is 31.5 Å². The van der Waals surface area contributed by atoms with Crippen LogP contribution in [0.3, 0.4) is 0 Å². The second-order valence-corrected chi connectivity index (χ2v) is 6.35. The quantitative estimate of drug-likeness (QED) is 0.895. The molecule has 1 aromatic rings. The number of rotatable bonds is 3. The van der Waals surface area contributed by atoms with Gasteiger partial charge in [-0.05, 0) is 24.7 Å². The lowest BCUT2D eigenvalue weighted by Gasteiger charge is -2.44. The number of likely N-dealkylation sites (tertiary alicyclic amines) is 1. The fourth-order valence-corrected chi connectivity index (χ4v) is 3.54. The first-order chi connectivity index (χ1) is 11.9. The third-order valence-corrected chi connectivity index (χ3v) is 5.02. The van der Waals surface area contributed by atoms with Crippen LogP contribution in [0.25, 0.3) is 0 Å². The maximum Gasteiger partial charge on any atom is 0.328 e.